The number of aromatic amines is 1. The van der Waals surface area contributed by atoms with Gasteiger partial charge in [0.1, 0.15) is 5.75 Å². The smallest absolute Gasteiger partial charge is 0.387 e. The van der Waals surface area contributed by atoms with E-state index in [9.17, 15) is 8.78 Å². The molecule has 112 valence electrons. The lowest BCUT2D eigenvalue weighted by atomic mass is 10.2. The molecule has 1 aromatic carbocycles. The lowest BCUT2D eigenvalue weighted by Crippen LogP contribution is -2.26. The van der Waals surface area contributed by atoms with Gasteiger partial charge in [-0.05, 0) is 30.7 Å². The Morgan fingerprint density at radius 2 is 2.10 bits per heavy atom. The highest BCUT2D eigenvalue weighted by Gasteiger charge is 2.22. The van der Waals surface area contributed by atoms with Crippen molar-refractivity contribution in [1.82, 2.24) is 15.2 Å². The van der Waals surface area contributed by atoms with E-state index in [1.54, 1.807) is 12.1 Å². The molecule has 3 N–H and O–H groups in total. The number of nitrogens with zero attached hydrogens (tertiary/aromatic N) is 3. The van der Waals surface area contributed by atoms with Gasteiger partial charge in [-0.2, -0.15) is 13.8 Å². The summed E-state index contributed by atoms with van der Waals surface area (Å²) in [7, 11) is 0. The van der Waals surface area contributed by atoms with Crippen LogP contribution < -0.4 is 15.4 Å². The van der Waals surface area contributed by atoms with E-state index < -0.39 is 6.61 Å². The van der Waals surface area contributed by atoms with Gasteiger partial charge in [-0.25, -0.2) is 0 Å². The fourth-order valence-electron chi connectivity index (χ4n) is 2.29. The van der Waals surface area contributed by atoms with Crippen molar-refractivity contribution < 1.29 is 13.5 Å². The Bertz CT molecular complexity index is 601. The molecule has 0 bridgehead atoms. The minimum atomic E-state index is -2.83. The van der Waals surface area contributed by atoms with Gasteiger partial charge in [-0.15, -0.1) is 5.10 Å². The molecule has 1 aromatic heterocycles. The zero-order chi connectivity index (χ0) is 14.8. The molecule has 3 rings (SSSR count). The van der Waals surface area contributed by atoms with E-state index in [1.807, 2.05) is 4.90 Å². The first-order chi connectivity index (χ1) is 10.1. The summed E-state index contributed by atoms with van der Waals surface area (Å²) in [5.74, 6) is 1.29. The average molecular weight is 295 g/mol. The number of rotatable bonds is 4. The highest BCUT2D eigenvalue weighted by Crippen LogP contribution is 2.23. The minimum Gasteiger partial charge on any atom is -0.435 e. The predicted molar refractivity (Wildman–Crippen MR) is 73.3 cm³/mol. The van der Waals surface area contributed by atoms with Crippen LogP contribution in [0.3, 0.4) is 0 Å². The van der Waals surface area contributed by atoms with Crippen LogP contribution in [-0.2, 0) is 0 Å². The van der Waals surface area contributed by atoms with Crippen molar-refractivity contribution in [3.05, 3.63) is 24.3 Å². The van der Waals surface area contributed by atoms with Gasteiger partial charge in [-0.3, -0.25) is 5.10 Å². The first-order valence-corrected chi connectivity index (χ1v) is 6.60. The monoisotopic (exact) mass is 295 g/mol. The molecule has 0 aliphatic carbocycles. The second-order valence-electron chi connectivity index (χ2n) is 4.88. The molecule has 0 radical (unpaired) electrons. The van der Waals surface area contributed by atoms with Gasteiger partial charge < -0.3 is 15.4 Å². The summed E-state index contributed by atoms with van der Waals surface area (Å²) in [6.07, 6.45) is 0.920. The molecule has 1 aliphatic rings. The minimum absolute atomic E-state index is 0.110. The number of halogens is 2. The summed E-state index contributed by atoms with van der Waals surface area (Å²) in [6.45, 7) is -1.26. The molecule has 2 heterocycles. The van der Waals surface area contributed by atoms with Gasteiger partial charge in [0.15, 0.2) is 5.82 Å². The van der Waals surface area contributed by atoms with Crippen molar-refractivity contribution in [1.29, 1.82) is 0 Å². The van der Waals surface area contributed by atoms with Gasteiger partial charge in [0, 0.05) is 24.7 Å². The van der Waals surface area contributed by atoms with Crippen LogP contribution in [0.2, 0.25) is 0 Å². The average Bonchev–Trinajstić information content (AvgIpc) is 3.07. The van der Waals surface area contributed by atoms with Crippen molar-refractivity contribution in [3.8, 4) is 17.1 Å². The molecule has 8 heteroatoms. The van der Waals surface area contributed by atoms with Crippen molar-refractivity contribution in [2.45, 2.75) is 19.1 Å². The van der Waals surface area contributed by atoms with Gasteiger partial charge in [-0.1, -0.05) is 0 Å². The molecule has 1 fully saturated rings. The fraction of sp³-hybridized carbons (Fsp3) is 0.385. The largest absolute Gasteiger partial charge is 0.435 e. The zero-order valence-corrected chi connectivity index (χ0v) is 11.2. The third-order valence-electron chi connectivity index (χ3n) is 3.33. The molecule has 0 spiro atoms. The van der Waals surface area contributed by atoms with Crippen molar-refractivity contribution in [3.63, 3.8) is 0 Å². The molecular weight excluding hydrogens is 280 g/mol. The van der Waals surface area contributed by atoms with Crippen LogP contribution in [0.15, 0.2) is 24.3 Å². The topological polar surface area (TPSA) is 80.1 Å². The normalized spacial score (nSPS) is 18.5. The number of alkyl halides is 2. The molecular formula is C13H15F2N5O. The summed E-state index contributed by atoms with van der Waals surface area (Å²) in [5.41, 5.74) is 6.60. The van der Waals surface area contributed by atoms with Crippen LogP contribution in [0.4, 0.5) is 14.7 Å². The maximum absolute atomic E-state index is 12.1. The van der Waals surface area contributed by atoms with Crippen LogP contribution in [0, 0.1) is 0 Å². The van der Waals surface area contributed by atoms with E-state index >= 15 is 0 Å². The van der Waals surface area contributed by atoms with E-state index in [-0.39, 0.29) is 11.8 Å². The molecule has 1 saturated heterocycles. The van der Waals surface area contributed by atoms with Crippen LogP contribution in [0.1, 0.15) is 6.42 Å². The SMILES string of the molecule is NC1CCN(c2n[nH]c(-c3ccc(OC(F)F)cc3)n2)C1. The third kappa shape index (κ3) is 3.10. The summed E-state index contributed by atoms with van der Waals surface area (Å²) < 4.78 is 28.5. The van der Waals surface area contributed by atoms with E-state index in [2.05, 4.69) is 19.9 Å². The summed E-state index contributed by atoms with van der Waals surface area (Å²) in [6, 6.07) is 6.39. The first-order valence-electron chi connectivity index (χ1n) is 6.60. The summed E-state index contributed by atoms with van der Waals surface area (Å²) >= 11 is 0. The number of hydrogen-bond acceptors (Lipinski definition) is 5. The Morgan fingerprint density at radius 3 is 2.71 bits per heavy atom. The zero-order valence-electron chi connectivity index (χ0n) is 11.2. The highest BCUT2D eigenvalue weighted by atomic mass is 19.3. The van der Waals surface area contributed by atoms with E-state index in [0.29, 0.717) is 11.8 Å². The standard InChI is InChI=1S/C13H15F2N5O/c14-12(15)21-10-3-1-8(2-4-10)11-17-13(19-18-11)20-6-5-9(16)7-20/h1-4,9,12H,5-7,16H2,(H,17,18,19). The summed E-state index contributed by atoms with van der Waals surface area (Å²) in [4.78, 5) is 6.42. The Kier molecular flexibility index (Phi) is 3.70. The maximum atomic E-state index is 12.1. The summed E-state index contributed by atoms with van der Waals surface area (Å²) in [5, 5.41) is 7.00. The van der Waals surface area contributed by atoms with Crippen molar-refractivity contribution >= 4 is 5.95 Å². The van der Waals surface area contributed by atoms with Crippen molar-refractivity contribution in [2.24, 2.45) is 5.73 Å². The maximum Gasteiger partial charge on any atom is 0.387 e. The number of hydrogen-bond donors (Lipinski definition) is 2. The molecule has 0 saturated carbocycles. The van der Waals surface area contributed by atoms with E-state index in [1.165, 1.54) is 12.1 Å². The van der Waals surface area contributed by atoms with Crippen LogP contribution in [-0.4, -0.2) is 40.9 Å². The number of aromatic nitrogens is 3. The van der Waals surface area contributed by atoms with Gasteiger partial charge in [0.25, 0.3) is 0 Å². The van der Waals surface area contributed by atoms with E-state index in [0.717, 1.165) is 25.1 Å². The number of benzene rings is 1. The second kappa shape index (κ2) is 5.65. The van der Waals surface area contributed by atoms with E-state index in [4.69, 9.17) is 5.73 Å². The Morgan fingerprint density at radius 1 is 1.33 bits per heavy atom. The van der Waals surface area contributed by atoms with Crippen LogP contribution >= 0.6 is 0 Å². The van der Waals surface area contributed by atoms with Crippen LogP contribution in [0.5, 0.6) is 5.75 Å². The fourth-order valence-corrected chi connectivity index (χ4v) is 2.29. The van der Waals surface area contributed by atoms with Gasteiger partial charge >= 0.3 is 6.61 Å². The highest BCUT2D eigenvalue weighted by molar-refractivity contribution is 5.57. The Hall–Kier alpha value is -2.22. The first kappa shape index (κ1) is 13.7. The molecule has 0 amide bonds. The number of nitrogens with one attached hydrogen (secondary N) is 1. The predicted octanol–water partition coefficient (Wildman–Crippen LogP) is 1.61. The van der Waals surface area contributed by atoms with Gasteiger partial charge in [0.05, 0.1) is 0 Å². The molecule has 1 unspecified atom stereocenters. The third-order valence-corrected chi connectivity index (χ3v) is 3.33. The molecule has 1 atom stereocenters. The van der Waals surface area contributed by atoms with Gasteiger partial charge in [0.2, 0.25) is 5.95 Å². The van der Waals surface area contributed by atoms with Crippen LogP contribution in [0.25, 0.3) is 11.4 Å². The van der Waals surface area contributed by atoms with Crippen molar-refractivity contribution in [2.75, 3.05) is 18.0 Å². The Labute approximate surface area is 119 Å². The lowest BCUT2D eigenvalue weighted by Gasteiger charge is -2.11. The molecule has 1 aliphatic heterocycles. The second-order valence-corrected chi connectivity index (χ2v) is 4.88. The Balaban J connectivity index is 1.73. The quantitative estimate of drug-likeness (QED) is 0.895. The number of ether oxygens (including phenoxy) is 1. The molecule has 2 aromatic rings. The molecule has 6 nitrogen and oxygen atoms in total. The molecule has 21 heavy (non-hydrogen) atoms. The number of H-pyrrole nitrogens is 1. The number of anilines is 1. The lowest BCUT2D eigenvalue weighted by molar-refractivity contribution is -0.0498. The number of nitrogens with two attached hydrogens (primary N) is 1.